The molecule has 0 aliphatic heterocycles. The number of carbonyl (C=O) groups excluding carboxylic acids is 2. The number of benzene rings is 1. The lowest BCUT2D eigenvalue weighted by Crippen LogP contribution is -2.23. The van der Waals surface area contributed by atoms with Crippen LogP contribution in [-0.2, 0) is 6.54 Å². The minimum Gasteiger partial charge on any atom is -0.497 e. The van der Waals surface area contributed by atoms with Gasteiger partial charge in [-0.1, -0.05) is 6.07 Å². The maximum atomic E-state index is 12.6. The molecular formula is C21H20N4O4. The molecule has 3 aromatic rings. The van der Waals surface area contributed by atoms with Gasteiger partial charge < -0.3 is 20.1 Å². The van der Waals surface area contributed by atoms with Crippen LogP contribution in [0.3, 0.4) is 0 Å². The summed E-state index contributed by atoms with van der Waals surface area (Å²) in [5, 5.41) is 5.53. The predicted molar refractivity (Wildman–Crippen MR) is 107 cm³/mol. The quantitative estimate of drug-likeness (QED) is 0.641. The monoisotopic (exact) mass is 392 g/mol. The minimum atomic E-state index is -0.425. The lowest BCUT2D eigenvalue weighted by Gasteiger charge is -2.12. The van der Waals surface area contributed by atoms with Gasteiger partial charge in [0.05, 0.1) is 31.0 Å². The molecule has 2 heterocycles. The van der Waals surface area contributed by atoms with Crippen molar-refractivity contribution in [2.75, 3.05) is 19.5 Å². The number of hydrogen-bond acceptors (Lipinski definition) is 6. The fourth-order valence-corrected chi connectivity index (χ4v) is 2.58. The van der Waals surface area contributed by atoms with E-state index in [0.29, 0.717) is 23.7 Å². The average Bonchev–Trinajstić information content (AvgIpc) is 2.78. The normalized spacial score (nSPS) is 10.1. The summed E-state index contributed by atoms with van der Waals surface area (Å²) in [6.45, 7) is 0.324. The SMILES string of the molecule is COc1ccc(OC)c(NC(=O)c2cncc(C(=O)NCc3cccnc3)c2)c1. The first-order valence-corrected chi connectivity index (χ1v) is 8.76. The summed E-state index contributed by atoms with van der Waals surface area (Å²) in [7, 11) is 3.04. The van der Waals surface area contributed by atoms with Gasteiger partial charge in [0.1, 0.15) is 11.5 Å². The van der Waals surface area contributed by atoms with E-state index >= 15 is 0 Å². The Hall–Kier alpha value is -3.94. The second-order valence-electron chi connectivity index (χ2n) is 6.03. The van der Waals surface area contributed by atoms with E-state index in [0.717, 1.165) is 5.56 Å². The summed E-state index contributed by atoms with van der Waals surface area (Å²) >= 11 is 0. The molecule has 0 saturated carbocycles. The van der Waals surface area contributed by atoms with Crippen molar-refractivity contribution in [3.63, 3.8) is 0 Å². The standard InChI is InChI=1S/C21H20N4O4/c1-28-17-5-6-19(29-2)18(9-17)25-21(27)16-8-15(12-23-13-16)20(26)24-11-14-4-3-7-22-10-14/h3-10,12-13H,11H2,1-2H3,(H,24,26)(H,25,27). The van der Waals surface area contributed by atoms with Crippen molar-refractivity contribution in [1.29, 1.82) is 0 Å². The average molecular weight is 392 g/mol. The smallest absolute Gasteiger partial charge is 0.257 e. The van der Waals surface area contributed by atoms with E-state index in [1.807, 2.05) is 6.07 Å². The topological polar surface area (TPSA) is 102 Å². The molecule has 2 N–H and O–H groups in total. The van der Waals surface area contributed by atoms with Crippen molar-refractivity contribution < 1.29 is 19.1 Å². The van der Waals surface area contributed by atoms with Crippen molar-refractivity contribution in [2.24, 2.45) is 0 Å². The molecule has 0 spiro atoms. The maximum absolute atomic E-state index is 12.6. The summed E-state index contributed by atoms with van der Waals surface area (Å²) in [5.74, 6) is 0.293. The van der Waals surface area contributed by atoms with Crippen molar-refractivity contribution in [3.05, 3.63) is 77.9 Å². The summed E-state index contributed by atoms with van der Waals surface area (Å²) in [6, 6.07) is 10.2. The van der Waals surface area contributed by atoms with E-state index in [9.17, 15) is 9.59 Å². The van der Waals surface area contributed by atoms with Crippen LogP contribution in [-0.4, -0.2) is 36.0 Å². The molecule has 0 bridgehead atoms. The molecule has 0 aliphatic rings. The fourth-order valence-electron chi connectivity index (χ4n) is 2.58. The third-order valence-corrected chi connectivity index (χ3v) is 4.09. The minimum absolute atomic E-state index is 0.240. The molecule has 0 aliphatic carbocycles. The first-order valence-electron chi connectivity index (χ1n) is 8.76. The van der Waals surface area contributed by atoms with E-state index in [4.69, 9.17) is 9.47 Å². The molecule has 29 heavy (non-hydrogen) atoms. The molecule has 0 atom stereocenters. The molecule has 0 radical (unpaired) electrons. The maximum Gasteiger partial charge on any atom is 0.257 e. The van der Waals surface area contributed by atoms with Gasteiger partial charge in [-0.3, -0.25) is 19.6 Å². The summed E-state index contributed by atoms with van der Waals surface area (Å²) in [5.41, 5.74) is 1.83. The van der Waals surface area contributed by atoms with Gasteiger partial charge in [0, 0.05) is 37.4 Å². The zero-order chi connectivity index (χ0) is 20.6. The van der Waals surface area contributed by atoms with Crippen LogP contribution < -0.4 is 20.1 Å². The van der Waals surface area contributed by atoms with Gasteiger partial charge in [-0.25, -0.2) is 0 Å². The van der Waals surface area contributed by atoms with Gasteiger partial charge in [0.2, 0.25) is 0 Å². The third kappa shape index (κ3) is 5.07. The van der Waals surface area contributed by atoms with Crippen molar-refractivity contribution >= 4 is 17.5 Å². The summed E-state index contributed by atoms with van der Waals surface area (Å²) in [4.78, 5) is 33.1. The van der Waals surface area contributed by atoms with Crippen molar-refractivity contribution in [1.82, 2.24) is 15.3 Å². The molecular weight excluding hydrogens is 372 g/mol. The highest BCUT2D eigenvalue weighted by Crippen LogP contribution is 2.29. The van der Waals surface area contributed by atoms with Crippen LogP contribution in [0.1, 0.15) is 26.3 Å². The first-order chi connectivity index (χ1) is 14.1. The van der Waals surface area contributed by atoms with Crippen molar-refractivity contribution in [3.8, 4) is 11.5 Å². The van der Waals surface area contributed by atoms with E-state index < -0.39 is 5.91 Å². The second kappa shape index (κ2) is 9.32. The highest BCUT2D eigenvalue weighted by atomic mass is 16.5. The van der Waals surface area contributed by atoms with Gasteiger partial charge in [0.15, 0.2) is 0 Å². The van der Waals surface area contributed by atoms with Crippen LogP contribution in [0, 0.1) is 0 Å². The molecule has 1 aromatic carbocycles. The Morgan fingerprint density at radius 3 is 2.41 bits per heavy atom. The lowest BCUT2D eigenvalue weighted by molar-refractivity contribution is 0.0950. The molecule has 3 rings (SSSR count). The number of pyridine rings is 2. The third-order valence-electron chi connectivity index (χ3n) is 4.09. The number of methoxy groups -OCH3 is 2. The number of carbonyl (C=O) groups is 2. The first kappa shape index (κ1) is 19.8. The number of amides is 2. The van der Waals surface area contributed by atoms with E-state index in [2.05, 4.69) is 20.6 Å². The zero-order valence-corrected chi connectivity index (χ0v) is 16.0. The van der Waals surface area contributed by atoms with E-state index in [1.54, 1.807) is 36.7 Å². The Labute approximate surface area is 167 Å². The highest BCUT2D eigenvalue weighted by Gasteiger charge is 2.14. The molecule has 0 fully saturated rings. The number of anilines is 1. The Balaban J connectivity index is 1.72. The predicted octanol–water partition coefficient (Wildman–Crippen LogP) is 2.68. The molecule has 148 valence electrons. The Bertz CT molecular complexity index is 1010. The number of hydrogen-bond donors (Lipinski definition) is 2. The summed E-state index contributed by atoms with van der Waals surface area (Å²) < 4.78 is 10.4. The van der Waals surface area contributed by atoms with Crippen LogP contribution >= 0.6 is 0 Å². The summed E-state index contributed by atoms with van der Waals surface area (Å²) in [6.07, 6.45) is 6.12. The second-order valence-corrected chi connectivity index (χ2v) is 6.03. The van der Waals surface area contributed by atoms with Gasteiger partial charge in [-0.15, -0.1) is 0 Å². The lowest BCUT2D eigenvalue weighted by atomic mass is 10.1. The highest BCUT2D eigenvalue weighted by molar-refractivity contribution is 6.06. The van der Waals surface area contributed by atoms with E-state index in [-0.39, 0.29) is 17.0 Å². The molecule has 8 nitrogen and oxygen atoms in total. The number of aromatic nitrogens is 2. The Morgan fingerprint density at radius 1 is 0.931 bits per heavy atom. The van der Waals surface area contributed by atoms with Gasteiger partial charge in [-0.05, 0) is 29.8 Å². The largest absolute Gasteiger partial charge is 0.497 e. The molecule has 0 saturated heterocycles. The van der Waals surface area contributed by atoms with Gasteiger partial charge >= 0.3 is 0 Å². The fraction of sp³-hybridized carbons (Fsp3) is 0.143. The Morgan fingerprint density at radius 2 is 1.72 bits per heavy atom. The number of nitrogens with zero attached hydrogens (tertiary/aromatic N) is 2. The zero-order valence-electron chi connectivity index (χ0n) is 16.0. The van der Waals surface area contributed by atoms with E-state index in [1.165, 1.54) is 32.7 Å². The van der Waals surface area contributed by atoms with Gasteiger partial charge in [0.25, 0.3) is 11.8 Å². The molecule has 8 heteroatoms. The molecule has 0 unspecified atom stereocenters. The molecule has 2 aromatic heterocycles. The molecule has 2 amide bonds. The van der Waals surface area contributed by atoms with Crippen LogP contribution in [0.15, 0.2) is 61.2 Å². The van der Waals surface area contributed by atoms with Crippen LogP contribution in [0.25, 0.3) is 0 Å². The van der Waals surface area contributed by atoms with Crippen LogP contribution in [0.4, 0.5) is 5.69 Å². The number of nitrogens with one attached hydrogen (secondary N) is 2. The van der Waals surface area contributed by atoms with Crippen LogP contribution in [0.2, 0.25) is 0 Å². The van der Waals surface area contributed by atoms with Crippen molar-refractivity contribution in [2.45, 2.75) is 6.54 Å². The van der Waals surface area contributed by atoms with Crippen LogP contribution in [0.5, 0.6) is 11.5 Å². The number of ether oxygens (including phenoxy) is 2. The Kier molecular flexibility index (Phi) is 6.36. The van der Waals surface area contributed by atoms with Gasteiger partial charge in [-0.2, -0.15) is 0 Å². The number of rotatable bonds is 7.